The molecule has 2 aromatic rings. The zero-order valence-electron chi connectivity index (χ0n) is 12.6. The molecule has 1 aliphatic heterocycles. The van der Waals surface area contributed by atoms with Crippen LogP contribution in [0.5, 0.6) is 5.75 Å². The Morgan fingerprint density at radius 1 is 1.45 bits per heavy atom. The van der Waals surface area contributed by atoms with E-state index in [2.05, 4.69) is 18.4 Å². The first kappa shape index (κ1) is 15.4. The molecule has 0 fully saturated rings. The van der Waals surface area contributed by atoms with Crippen LogP contribution in [0.2, 0.25) is 5.02 Å². The van der Waals surface area contributed by atoms with Crippen LogP contribution in [0, 0.1) is 6.92 Å². The minimum atomic E-state index is 0.0266. The average Bonchev–Trinajstić information content (AvgIpc) is 2.96. The second-order valence-corrected chi connectivity index (χ2v) is 6.95. The highest BCUT2D eigenvalue weighted by Gasteiger charge is 2.28. The van der Waals surface area contributed by atoms with Gasteiger partial charge in [0.15, 0.2) is 6.61 Å². The molecule has 1 amide bonds. The number of hydrogen-bond acceptors (Lipinski definition) is 3. The van der Waals surface area contributed by atoms with Crippen LogP contribution in [0.15, 0.2) is 29.6 Å². The predicted molar refractivity (Wildman–Crippen MR) is 89.8 cm³/mol. The lowest BCUT2D eigenvalue weighted by Crippen LogP contribution is -2.40. The topological polar surface area (TPSA) is 29.5 Å². The van der Waals surface area contributed by atoms with Crippen molar-refractivity contribution in [1.29, 1.82) is 0 Å². The second kappa shape index (κ2) is 6.31. The maximum Gasteiger partial charge on any atom is 0.261 e. The Kier molecular flexibility index (Phi) is 4.41. The third-order valence-corrected chi connectivity index (χ3v) is 5.32. The van der Waals surface area contributed by atoms with Gasteiger partial charge in [0.2, 0.25) is 0 Å². The Labute approximate surface area is 139 Å². The smallest absolute Gasteiger partial charge is 0.261 e. The summed E-state index contributed by atoms with van der Waals surface area (Å²) in [6.45, 7) is 4.83. The molecule has 0 N–H and O–H groups in total. The van der Waals surface area contributed by atoms with Gasteiger partial charge in [-0.1, -0.05) is 11.6 Å². The Morgan fingerprint density at radius 3 is 3.05 bits per heavy atom. The average molecular weight is 336 g/mol. The maximum atomic E-state index is 12.5. The summed E-state index contributed by atoms with van der Waals surface area (Å²) in [6, 6.07) is 7.66. The third kappa shape index (κ3) is 2.99. The van der Waals surface area contributed by atoms with E-state index in [0.29, 0.717) is 10.8 Å². The number of rotatable bonds is 3. The molecule has 1 aromatic carbocycles. The lowest BCUT2D eigenvalue weighted by Gasteiger charge is -2.33. The lowest BCUT2D eigenvalue weighted by molar-refractivity contribution is -0.135. The normalized spacial score (nSPS) is 17.2. The van der Waals surface area contributed by atoms with E-state index in [-0.39, 0.29) is 18.6 Å². The Morgan fingerprint density at radius 2 is 2.27 bits per heavy atom. The summed E-state index contributed by atoms with van der Waals surface area (Å²) in [5, 5.41) is 2.77. The van der Waals surface area contributed by atoms with Gasteiger partial charge in [0, 0.05) is 16.4 Å². The van der Waals surface area contributed by atoms with Crippen LogP contribution in [0.4, 0.5) is 0 Å². The maximum absolute atomic E-state index is 12.5. The SMILES string of the molecule is Cc1cc(Cl)ccc1OCC(=O)N1CCc2sccc2[C@H]1C. The van der Waals surface area contributed by atoms with Crippen molar-refractivity contribution in [3.63, 3.8) is 0 Å². The third-order valence-electron chi connectivity index (χ3n) is 4.09. The van der Waals surface area contributed by atoms with Gasteiger partial charge in [0.25, 0.3) is 5.91 Å². The van der Waals surface area contributed by atoms with E-state index in [0.717, 1.165) is 18.5 Å². The van der Waals surface area contributed by atoms with Gasteiger partial charge < -0.3 is 9.64 Å². The van der Waals surface area contributed by atoms with E-state index in [1.165, 1.54) is 10.4 Å². The molecule has 22 heavy (non-hydrogen) atoms. The van der Waals surface area contributed by atoms with Gasteiger partial charge in [0.05, 0.1) is 6.04 Å². The lowest BCUT2D eigenvalue weighted by atomic mass is 10.0. The van der Waals surface area contributed by atoms with Crippen LogP contribution in [0.25, 0.3) is 0 Å². The second-order valence-electron chi connectivity index (χ2n) is 5.51. The van der Waals surface area contributed by atoms with Crippen LogP contribution < -0.4 is 4.74 Å². The monoisotopic (exact) mass is 335 g/mol. The molecule has 3 rings (SSSR count). The molecule has 1 aromatic heterocycles. The van der Waals surface area contributed by atoms with E-state index in [4.69, 9.17) is 16.3 Å². The highest BCUT2D eigenvalue weighted by Crippen LogP contribution is 2.32. The largest absolute Gasteiger partial charge is 0.483 e. The number of ether oxygens (including phenoxy) is 1. The molecule has 116 valence electrons. The minimum absolute atomic E-state index is 0.0266. The van der Waals surface area contributed by atoms with Gasteiger partial charge in [0.1, 0.15) is 5.75 Å². The first-order chi connectivity index (χ1) is 10.6. The number of hydrogen-bond donors (Lipinski definition) is 0. The van der Waals surface area contributed by atoms with Gasteiger partial charge in [-0.2, -0.15) is 0 Å². The summed E-state index contributed by atoms with van der Waals surface area (Å²) in [5.74, 6) is 0.734. The first-order valence-corrected chi connectivity index (χ1v) is 8.56. The van der Waals surface area contributed by atoms with Crippen LogP contribution in [-0.2, 0) is 11.2 Å². The number of nitrogens with zero attached hydrogens (tertiary/aromatic N) is 1. The van der Waals surface area contributed by atoms with Crippen LogP contribution in [-0.4, -0.2) is 24.0 Å². The van der Waals surface area contributed by atoms with E-state index < -0.39 is 0 Å². The molecule has 0 saturated heterocycles. The minimum Gasteiger partial charge on any atom is -0.483 e. The zero-order valence-corrected chi connectivity index (χ0v) is 14.2. The van der Waals surface area contributed by atoms with Crippen molar-refractivity contribution >= 4 is 28.8 Å². The summed E-state index contributed by atoms with van der Waals surface area (Å²) in [7, 11) is 0. The predicted octanol–water partition coefficient (Wildman–Crippen LogP) is 4.23. The number of amides is 1. The fraction of sp³-hybridized carbons (Fsp3) is 0.353. The summed E-state index contributed by atoms with van der Waals surface area (Å²) < 4.78 is 5.68. The van der Waals surface area contributed by atoms with Crippen LogP contribution in [0.1, 0.15) is 29.0 Å². The highest BCUT2D eigenvalue weighted by molar-refractivity contribution is 7.10. The number of carbonyl (C=O) groups is 1. The molecular weight excluding hydrogens is 318 g/mol. The van der Waals surface area contributed by atoms with Gasteiger partial charge in [-0.25, -0.2) is 0 Å². The van der Waals surface area contributed by atoms with Crippen LogP contribution >= 0.6 is 22.9 Å². The van der Waals surface area contributed by atoms with E-state index >= 15 is 0 Å². The number of benzene rings is 1. The number of carbonyl (C=O) groups excluding carboxylic acids is 1. The van der Waals surface area contributed by atoms with Gasteiger partial charge in [-0.15, -0.1) is 11.3 Å². The van der Waals surface area contributed by atoms with Gasteiger partial charge in [-0.05, 0) is 61.0 Å². The van der Waals surface area contributed by atoms with Crippen molar-refractivity contribution in [3.05, 3.63) is 50.7 Å². The van der Waals surface area contributed by atoms with E-state index in [1.54, 1.807) is 17.4 Å². The summed E-state index contributed by atoms with van der Waals surface area (Å²) in [4.78, 5) is 15.8. The number of halogens is 1. The molecule has 2 heterocycles. The Balaban J connectivity index is 1.65. The number of fused-ring (bicyclic) bond motifs is 1. The zero-order chi connectivity index (χ0) is 15.7. The molecule has 0 bridgehead atoms. The molecule has 0 aliphatic carbocycles. The standard InChI is InChI=1S/C17H18ClNO2S/c1-11-9-13(18)3-4-15(11)21-10-17(20)19-7-5-16-14(12(19)2)6-8-22-16/h3-4,6,8-9,12H,5,7,10H2,1-2H3/t12-/m1/s1. The summed E-state index contributed by atoms with van der Waals surface area (Å²) >= 11 is 7.70. The molecule has 3 nitrogen and oxygen atoms in total. The van der Waals surface area contributed by atoms with Crippen molar-refractivity contribution in [2.75, 3.05) is 13.2 Å². The number of aryl methyl sites for hydroxylation is 1. The van der Waals surface area contributed by atoms with Gasteiger partial charge >= 0.3 is 0 Å². The summed E-state index contributed by atoms with van der Waals surface area (Å²) in [6.07, 6.45) is 0.934. The quantitative estimate of drug-likeness (QED) is 0.839. The molecule has 0 radical (unpaired) electrons. The molecule has 0 spiro atoms. The Hall–Kier alpha value is -1.52. The number of thiophene rings is 1. The molecule has 0 unspecified atom stereocenters. The molecule has 0 saturated carbocycles. The molecule has 5 heteroatoms. The van der Waals surface area contributed by atoms with Crippen molar-refractivity contribution in [3.8, 4) is 5.75 Å². The molecule has 1 aliphatic rings. The van der Waals surface area contributed by atoms with Gasteiger partial charge in [-0.3, -0.25) is 4.79 Å². The van der Waals surface area contributed by atoms with Crippen molar-refractivity contribution in [2.45, 2.75) is 26.3 Å². The van der Waals surface area contributed by atoms with E-state index in [1.807, 2.05) is 24.0 Å². The fourth-order valence-electron chi connectivity index (χ4n) is 2.85. The highest BCUT2D eigenvalue weighted by atomic mass is 35.5. The first-order valence-electron chi connectivity index (χ1n) is 7.31. The fourth-order valence-corrected chi connectivity index (χ4v) is 4.04. The van der Waals surface area contributed by atoms with Crippen molar-refractivity contribution < 1.29 is 9.53 Å². The molecular formula is C17H18ClNO2S. The van der Waals surface area contributed by atoms with Crippen molar-refractivity contribution in [2.24, 2.45) is 0 Å². The van der Waals surface area contributed by atoms with Crippen molar-refractivity contribution in [1.82, 2.24) is 4.90 Å². The molecule has 1 atom stereocenters. The van der Waals surface area contributed by atoms with E-state index in [9.17, 15) is 4.79 Å². The summed E-state index contributed by atoms with van der Waals surface area (Å²) in [5.41, 5.74) is 2.21. The Bertz CT molecular complexity index is 698. The van der Waals surface area contributed by atoms with Crippen LogP contribution in [0.3, 0.4) is 0 Å².